The summed E-state index contributed by atoms with van der Waals surface area (Å²) in [6.07, 6.45) is 1.17. The number of aryl methyl sites for hydroxylation is 1. The number of fused-ring (bicyclic) bond motifs is 1. The van der Waals surface area contributed by atoms with Gasteiger partial charge in [-0.1, -0.05) is 13.8 Å². The highest BCUT2D eigenvalue weighted by molar-refractivity contribution is 7.18. The third-order valence-electron chi connectivity index (χ3n) is 3.39. The minimum absolute atomic E-state index is 0.354. The highest BCUT2D eigenvalue weighted by atomic mass is 32.1. The van der Waals surface area contributed by atoms with Gasteiger partial charge < -0.3 is 5.73 Å². The minimum Gasteiger partial charge on any atom is -0.383 e. The second-order valence-electron chi connectivity index (χ2n) is 5.29. The number of hydrogen-bond donors (Lipinski definition) is 1. The van der Waals surface area contributed by atoms with Gasteiger partial charge >= 0.3 is 0 Å². The standard InChI is InChI=1S/C12H15N3S/c1-6-4-7-9(13)14-10(15-11(7)16-6)8-5-12(8,2)3/h4,8H,5H2,1-3H3,(H2,13,14,15). The Labute approximate surface area is 98.7 Å². The number of rotatable bonds is 1. The van der Waals surface area contributed by atoms with Crippen LogP contribution in [0.5, 0.6) is 0 Å². The summed E-state index contributed by atoms with van der Waals surface area (Å²) in [7, 11) is 0. The SMILES string of the molecule is Cc1cc2c(N)nc(C3CC3(C)C)nc2s1. The van der Waals surface area contributed by atoms with Gasteiger partial charge in [-0.15, -0.1) is 11.3 Å². The van der Waals surface area contributed by atoms with Crippen LogP contribution in [-0.4, -0.2) is 9.97 Å². The Kier molecular flexibility index (Phi) is 1.84. The van der Waals surface area contributed by atoms with Gasteiger partial charge in [0.25, 0.3) is 0 Å². The van der Waals surface area contributed by atoms with Crippen LogP contribution in [0.2, 0.25) is 0 Å². The van der Waals surface area contributed by atoms with Crippen LogP contribution < -0.4 is 5.73 Å². The number of hydrogen-bond acceptors (Lipinski definition) is 4. The summed E-state index contributed by atoms with van der Waals surface area (Å²) >= 11 is 1.69. The van der Waals surface area contributed by atoms with Crippen molar-refractivity contribution in [3.05, 3.63) is 16.8 Å². The lowest BCUT2D eigenvalue weighted by atomic mass is 10.1. The van der Waals surface area contributed by atoms with E-state index in [1.807, 2.05) is 0 Å². The molecular weight excluding hydrogens is 218 g/mol. The molecule has 1 fully saturated rings. The molecule has 0 aliphatic heterocycles. The number of nitrogens with two attached hydrogens (primary N) is 1. The van der Waals surface area contributed by atoms with Gasteiger partial charge in [-0.25, -0.2) is 9.97 Å². The van der Waals surface area contributed by atoms with Gasteiger partial charge in [0.15, 0.2) is 0 Å². The van der Waals surface area contributed by atoms with E-state index in [2.05, 4.69) is 36.8 Å². The molecule has 4 heteroatoms. The Hall–Kier alpha value is -1.16. The van der Waals surface area contributed by atoms with E-state index in [9.17, 15) is 0 Å². The summed E-state index contributed by atoms with van der Waals surface area (Å²) in [5.74, 6) is 2.05. The largest absolute Gasteiger partial charge is 0.383 e. The lowest BCUT2D eigenvalue weighted by Gasteiger charge is -2.03. The Morgan fingerprint density at radius 1 is 1.44 bits per heavy atom. The molecule has 0 spiro atoms. The van der Waals surface area contributed by atoms with Gasteiger partial charge in [0.05, 0.1) is 5.39 Å². The molecule has 1 aliphatic rings. The summed E-state index contributed by atoms with van der Waals surface area (Å²) < 4.78 is 0. The quantitative estimate of drug-likeness (QED) is 0.823. The number of nitrogen functional groups attached to an aromatic ring is 1. The van der Waals surface area contributed by atoms with Crippen LogP contribution >= 0.6 is 11.3 Å². The first kappa shape index (κ1) is 10.0. The van der Waals surface area contributed by atoms with E-state index in [0.717, 1.165) is 16.0 Å². The number of nitrogens with zero attached hydrogens (tertiary/aromatic N) is 2. The first-order chi connectivity index (χ1) is 7.47. The highest BCUT2D eigenvalue weighted by Crippen LogP contribution is 2.57. The predicted octanol–water partition coefficient (Wildman–Crippen LogP) is 3.10. The third-order valence-corrected chi connectivity index (χ3v) is 4.33. The van der Waals surface area contributed by atoms with Crippen molar-refractivity contribution in [3.63, 3.8) is 0 Å². The van der Waals surface area contributed by atoms with Gasteiger partial charge in [-0.05, 0) is 24.8 Å². The maximum atomic E-state index is 5.98. The monoisotopic (exact) mass is 233 g/mol. The highest BCUT2D eigenvalue weighted by Gasteiger charge is 2.48. The molecule has 0 saturated heterocycles. The van der Waals surface area contributed by atoms with Crippen molar-refractivity contribution in [2.24, 2.45) is 5.41 Å². The first-order valence-electron chi connectivity index (χ1n) is 5.51. The molecule has 0 radical (unpaired) electrons. The van der Waals surface area contributed by atoms with Crippen molar-refractivity contribution in [1.82, 2.24) is 9.97 Å². The average Bonchev–Trinajstić information content (AvgIpc) is 2.65. The van der Waals surface area contributed by atoms with Crippen LogP contribution in [0, 0.1) is 12.3 Å². The zero-order valence-corrected chi connectivity index (χ0v) is 10.6. The van der Waals surface area contributed by atoms with E-state index in [1.165, 1.54) is 11.3 Å². The van der Waals surface area contributed by atoms with E-state index in [0.29, 0.717) is 17.2 Å². The summed E-state index contributed by atoms with van der Waals surface area (Å²) in [4.78, 5) is 11.4. The molecule has 2 aromatic heterocycles. The second-order valence-corrected chi connectivity index (χ2v) is 6.52. The molecule has 2 N–H and O–H groups in total. The summed E-state index contributed by atoms with van der Waals surface area (Å²) in [6, 6.07) is 2.07. The minimum atomic E-state index is 0.354. The van der Waals surface area contributed by atoms with Crippen LogP contribution in [0.3, 0.4) is 0 Å². The number of thiophene rings is 1. The fraction of sp³-hybridized carbons (Fsp3) is 0.500. The maximum absolute atomic E-state index is 5.98. The molecule has 0 amide bonds. The fourth-order valence-electron chi connectivity index (χ4n) is 2.14. The van der Waals surface area contributed by atoms with Crippen molar-refractivity contribution in [1.29, 1.82) is 0 Å². The summed E-state index contributed by atoms with van der Waals surface area (Å²) in [5, 5.41) is 1.00. The zero-order valence-electron chi connectivity index (χ0n) is 9.74. The zero-order chi connectivity index (χ0) is 11.5. The Bertz CT molecular complexity index is 571. The molecule has 1 atom stereocenters. The molecule has 1 saturated carbocycles. The van der Waals surface area contributed by atoms with Crippen molar-refractivity contribution < 1.29 is 0 Å². The number of anilines is 1. The molecule has 3 nitrogen and oxygen atoms in total. The Morgan fingerprint density at radius 3 is 2.75 bits per heavy atom. The van der Waals surface area contributed by atoms with Gasteiger partial charge in [0.2, 0.25) is 0 Å². The predicted molar refractivity (Wildman–Crippen MR) is 67.7 cm³/mol. The van der Waals surface area contributed by atoms with E-state index in [1.54, 1.807) is 11.3 Å². The molecule has 2 heterocycles. The topological polar surface area (TPSA) is 51.8 Å². The maximum Gasteiger partial charge on any atom is 0.136 e. The van der Waals surface area contributed by atoms with Crippen molar-refractivity contribution >= 4 is 27.4 Å². The van der Waals surface area contributed by atoms with Gasteiger partial charge in [0.1, 0.15) is 16.5 Å². The lowest BCUT2D eigenvalue weighted by molar-refractivity contribution is 0.610. The lowest BCUT2D eigenvalue weighted by Crippen LogP contribution is -2.00. The Balaban J connectivity index is 2.14. The number of aromatic nitrogens is 2. The summed E-state index contributed by atoms with van der Waals surface area (Å²) in [6.45, 7) is 6.58. The molecule has 16 heavy (non-hydrogen) atoms. The molecular formula is C12H15N3S. The normalized spacial score (nSPS) is 22.6. The van der Waals surface area contributed by atoms with Crippen LogP contribution in [0.15, 0.2) is 6.07 Å². The van der Waals surface area contributed by atoms with Crippen molar-refractivity contribution in [2.45, 2.75) is 33.1 Å². The summed E-state index contributed by atoms with van der Waals surface area (Å²) in [5.41, 5.74) is 6.33. The van der Waals surface area contributed by atoms with E-state index >= 15 is 0 Å². The van der Waals surface area contributed by atoms with E-state index in [4.69, 9.17) is 5.73 Å². The van der Waals surface area contributed by atoms with Gasteiger partial charge in [-0.2, -0.15) is 0 Å². The molecule has 1 aliphatic carbocycles. The average molecular weight is 233 g/mol. The molecule has 0 aromatic carbocycles. The Morgan fingerprint density at radius 2 is 2.12 bits per heavy atom. The molecule has 0 bridgehead atoms. The second kappa shape index (κ2) is 2.94. The van der Waals surface area contributed by atoms with Crippen LogP contribution in [0.4, 0.5) is 5.82 Å². The van der Waals surface area contributed by atoms with Gasteiger partial charge in [-0.3, -0.25) is 0 Å². The molecule has 84 valence electrons. The van der Waals surface area contributed by atoms with Crippen molar-refractivity contribution in [3.8, 4) is 0 Å². The van der Waals surface area contributed by atoms with Crippen LogP contribution in [-0.2, 0) is 0 Å². The van der Waals surface area contributed by atoms with Crippen LogP contribution in [0.1, 0.15) is 36.9 Å². The van der Waals surface area contributed by atoms with E-state index in [-0.39, 0.29) is 0 Å². The van der Waals surface area contributed by atoms with Crippen LogP contribution in [0.25, 0.3) is 10.2 Å². The third kappa shape index (κ3) is 1.40. The van der Waals surface area contributed by atoms with Crippen molar-refractivity contribution in [2.75, 3.05) is 5.73 Å². The van der Waals surface area contributed by atoms with E-state index < -0.39 is 0 Å². The first-order valence-corrected chi connectivity index (χ1v) is 6.32. The molecule has 3 rings (SSSR count). The van der Waals surface area contributed by atoms with Gasteiger partial charge in [0, 0.05) is 10.8 Å². The smallest absolute Gasteiger partial charge is 0.136 e. The molecule has 1 unspecified atom stereocenters. The molecule has 2 aromatic rings. The fourth-order valence-corrected chi connectivity index (χ4v) is 3.04.